The van der Waals surface area contributed by atoms with Gasteiger partial charge in [-0.15, -0.1) is 0 Å². The fourth-order valence-electron chi connectivity index (χ4n) is 1.35. The van der Waals surface area contributed by atoms with Crippen molar-refractivity contribution in [3.05, 3.63) is 23.5 Å². The number of ether oxygens (including phenoxy) is 1. The topological polar surface area (TPSA) is 48.1 Å². The Balaban J connectivity index is 2.39. The highest BCUT2D eigenvalue weighted by Gasteiger charge is 2.13. The van der Waals surface area contributed by atoms with Crippen LogP contribution in [0.1, 0.15) is 24.2 Å². The second-order valence-corrected chi connectivity index (χ2v) is 3.10. The minimum absolute atomic E-state index is 0.0101. The van der Waals surface area contributed by atoms with Gasteiger partial charge in [0.05, 0.1) is 18.5 Å². The summed E-state index contributed by atoms with van der Waals surface area (Å²) in [5.74, 6) is 0.916. The monoisotopic (exact) mass is 164 g/mol. The van der Waals surface area contributed by atoms with Gasteiger partial charge >= 0.3 is 0 Å². The van der Waals surface area contributed by atoms with Gasteiger partial charge in [0.2, 0.25) is 0 Å². The molecule has 0 amide bonds. The van der Waals surface area contributed by atoms with Crippen molar-refractivity contribution >= 4 is 0 Å². The summed E-state index contributed by atoms with van der Waals surface area (Å²) in [6.07, 6.45) is 2.75. The molecule has 0 saturated carbocycles. The summed E-state index contributed by atoms with van der Waals surface area (Å²) in [6.45, 7) is 2.71. The first kappa shape index (κ1) is 7.55. The van der Waals surface area contributed by atoms with Crippen LogP contribution in [0.25, 0.3) is 0 Å². The quantitative estimate of drug-likeness (QED) is 0.674. The first-order chi connectivity index (χ1) is 5.77. The molecule has 0 spiro atoms. The first-order valence-electron chi connectivity index (χ1n) is 4.14. The lowest BCUT2D eigenvalue weighted by Crippen LogP contribution is -2.07. The number of fused-ring (bicyclic) bond motifs is 1. The third-order valence-corrected chi connectivity index (χ3v) is 2.06. The number of pyridine rings is 1. The second kappa shape index (κ2) is 2.75. The van der Waals surface area contributed by atoms with Crippen molar-refractivity contribution in [2.75, 3.05) is 6.61 Å². The molecule has 1 aromatic rings. The van der Waals surface area contributed by atoms with E-state index in [0.29, 0.717) is 0 Å². The molecule has 2 rings (SSSR count). The van der Waals surface area contributed by atoms with Gasteiger partial charge in [0.1, 0.15) is 5.75 Å². The number of hydrogen-bond donors (Lipinski definition) is 1. The molecule has 0 bridgehead atoms. The fourth-order valence-corrected chi connectivity index (χ4v) is 1.35. The first-order valence-corrected chi connectivity index (χ1v) is 4.14. The Hall–Kier alpha value is -1.09. The van der Waals surface area contributed by atoms with E-state index < -0.39 is 0 Å². The fraction of sp³-hybridized carbons (Fsp3) is 0.444. The van der Waals surface area contributed by atoms with Crippen LogP contribution in [0, 0.1) is 0 Å². The second-order valence-electron chi connectivity index (χ2n) is 3.10. The molecule has 3 heteroatoms. The predicted octanol–water partition coefficient (Wildman–Crippen LogP) is 1.04. The van der Waals surface area contributed by atoms with Crippen molar-refractivity contribution in [1.29, 1.82) is 0 Å². The van der Waals surface area contributed by atoms with Crippen LogP contribution in [0.2, 0.25) is 0 Å². The van der Waals surface area contributed by atoms with Gasteiger partial charge in [-0.05, 0) is 13.0 Å². The zero-order chi connectivity index (χ0) is 8.55. The third kappa shape index (κ3) is 1.16. The molecule has 64 valence electrons. The Kier molecular flexibility index (Phi) is 1.73. The molecule has 2 heterocycles. The number of rotatable bonds is 1. The molecular weight excluding hydrogens is 152 g/mol. The lowest BCUT2D eigenvalue weighted by molar-refractivity contribution is 0.355. The molecule has 0 aliphatic carbocycles. The molecule has 12 heavy (non-hydrogen) atoms. The molecule has 1 aliphatic heterocycles. The molecule has 0 aromatic carbocycles. The minimum Gasteiger partial charge on any atom is -0.491 e. The van der Waals surface area contributed by atoms with Gasteiger partial charge in [0.15, 0.2) is 0 Å². The summed E-state index contributed by atoms with van der Waals surface area (Å²) in [5, 5.41) is 0. The van der Waals surface area contributed by atoms with Crippen LogP contribution in [0.4, 0.5) is 0 Å². The molecular formula is C9H12N2O. The smallest absolute Gasteiger partial charge is 0.140 e. The van der Waals surface area contributed by atoms with E-state index in [4.69, 9.17) is 10.5 Å². The maximum atomic E-state index is 5.70. The highest BCUT2D eigenvalue weighted by molar-refractivity contribution is 5.36. The molecule has 3 nitrogen and oxygen atoms in total. The summed E-state index contributed by atoms with van der Waals surface area (Å²) in [4.78, 5) is 4.20. The van der Waals surface area contributed by atoms with E-state index in [9.17, 15) is 0 Å². The van der Waals surface area contributed by atoms with Crippen molar-refractivity contribution in [3.63, 3.8) is 0 Å². The Labute approximate surface area is 71.6 Å². The normalized spacial score (nSPS) is 16.8. The largest absolute Gasteiger partial charge is 0.491 e. The molecule has 1 aromatic heterocycles. The minimum atomic E-state index is 0.0101. The van der Waals surface area contributed by atoms with Crippen LogP contribution >= 0.6 is 0 Å². The van der Waals surface area contributed by atoms with Gasteiger partial charge in [0.25, 0.3) is 0 Å². The summed E-state index contributed by atoms with van der Waals surface area (Å²) in [5.41, 5.74) is 7.88. The Morgan fingerprint density at radius 3 is 3.25 bits per heavy atom. The van der Waals surface area contributed by atoms with E-state index in [1.807, 2.05) is 13.0 Å². The summed E-state index contributed by atoms with van der Waals surface area (Å²) in [7, 11) is 0. The summed E-state index contributed by atoms with van der Waals surface area (Å²) < 4.78 is 5.33. The maximum absolute atomic E-state index is 5.70. The van der Waals surface area contributed by atoms with E-state index in [-0.39, 0.29) is 6.04 Å². The number of hydrogen-bond acceptors (Lipinski definition) is 3. The molecule has 0 fully saturated rings. The Morgan fingerprint density at radius 2 is 2.50 bits per heavy atom. The lowest BCUT2D eigenvalue weighted by atomic mass is 10.1. The molecule has 1 unspecified atom stereocenters. The predicted molar refractivity (Wildman–Crippen MR) is 46.0 cm³/mol. The standard InChI is InChI=1S/C9H12N2O/c1-6(10)8-4-7-2-3-12-9(7)5-11-8/h4-6H,2-3,10H2,1H3. The Bertz CT molecular complexity index is 297. The Morgan fingerprint density at radius 1 is 1.67 bits per heavy atom. The molecule has 1 atom stereocenters. The van der Waals surface area contributed by atoms with E-state index in [1.165, 1.54) is 5.56 Å². The summed E-state index contributed by atoms with van der Waals surface area (Å²) in [6, 6.07) is 2.04. The van der Waals surface area contributed by atoms with Gasteiger partial charge in [0, 0.05) is 18.0 Å². The number of nitrogens with two attached hydrogens (primary N) is 1. The van der Waals surface area contributed by atoms with Crippen LogP contribution in [0.3, 0.4) is 0 Å². The highest BCUT2D eigenvalue weighted by Crippen LogP contribution is 2.25. The third-order valence-electron chi connectivity index (χ3n) is 2.06. The van der Waals surface area contributed by atoms with Crippen LogP contribution in [0.5, 0.6) is 5.75 Å². The zero-order valence-corrected chi connectivity index (χ0v) is 7.08. The SMILES string of the molecule is CC(N)c1cc2c(cn1)OCC2. The van der Waals surface area contributed by atoms with Crippen LogP contribution in [0.15, 0.2) is 12.3 Å². The molecule has 0 radical (unpaired) electrons. The van der Waals surface area contributed by atoms with Crippen molar-refractivity contribution in [2.45, 2.75) is 19.4 Å². The molecule has 2 N–H and O–H groups in total. The van der Waals surface area contributed by atoms with E-state index >= 15 is 0 Å². The average molecular weight is 164 g/mol. The van der Waals surface area contributed by atoms with E-state index in [0.717, 1.165) is 24.5 Å². The van der Waals surface area contributed by atoms with Gasteiger partial charge in [-0.1, -0.05) is 0 Å². The molecule has 1 aliphatic rings. The van der Waals surface area contributed by atoms with Crippen molar-refractivity contribution < 1.29 is 4.74 Å². The van der Waals surface area contributed by atoms with E-state index in [2.05, 4.69) is 4.98 Å². The lowest BCUT2D eigenvalue weighted by Gasteiger charge is -2.05. The van der Waals surface area contributed by atoms with Crippen LogP contribution in [-0.4, -0.2) is 11.6 Å². The average Bonchev–Trinajstić information content (AvgIpc) is 2.49. The van der Waals surface area contributed by atoms with Gasteiger partial charge in [-0.3, -0.25) is 4.98 Å². The van der Waals surface area contributed by atoms with Crippen molar-refractivity contribution in [1.82, 2.24) is 4.98 Å². The van der Waals surface area contributed by atoms with E-state index in [1.54, 1.807) is 6.20 Å². The van der Waals surface area contributed by atoms with Crippen LogP contribution < -0.4 is 10.5 Å². The molecule has 0 saturated heterocycles. The number of aromatic nitrogens is 1. The van der Waals surface area contributed by atoms with Crippen molar-refractivity contribution in [3.8, 4) is 5.75 Å². The van der Waals surface area contributed by atoms with Gasteiger partial charge < -0.3 is 10.5 Å². The van der Waals surface area contributed by atoms with Gasteiger partial charge in [-0.25, -0.2) is 0 Å². The highest BCUT2D eigenvalue weighted by atomic mass is 16.5. The zero-order valence-electron chi connectivity index (χ0n) is 7.08. The van der Waals surface area contributed by atoms with Crippen LogP contribution in [-0.2, 0) is 6.42 Å². The summed E-state index contributed by atoms with van der Waals surface area (Å²) >= 11 is 0. The maximum Gasteiger partial charge on any atom is 0.140 e. The van der Waals surface area contributed by atoms with Gasteiger partial charge in [-0.2, -0.15) is 0 Å². The number of nitrogens with zero attached hydrogens (tertiary/aromatic N) is 1. The van der Waals surface area contributed by atoms with Crippen molar-refractivity contribution in [2.24, 2.45) is 5.73 Å².